The Hall–Kier alpha value is -2.82. The molecule has 12 nitrogen and oxygen atoms in total. The molecule has 0 radical (unpaired) electrons. The van der Waals surface area contributed by atoms with Gasteiger partial charge in [-0.15, -0.1) is 0 Å². The van der Waals surface area contributed by atoms with Crippen LogP contribution < -0.4 is 0 Å². The second-order valence-electron chi connectivity index (χ2n) is 15.6. The van der Waals surface area contributed by atoms with Gasteiger partial charge in [0.25, 0.3) is 0 Å². The van der Waals surface area contributed by atoms with Crippen molar-refractivity contribution in [3.8, 4) is 0 Å². The van der Waals surface area contributed by atoms with E-state index in [4.69, 9.17) is 52.1 Å². The smallest absolute Gasteiger partial charge is 0.187 e. The van der Waals surface area contributed by atoms with Crippen LogP contribution in [0.5, 0.6) is 0 Å². The van der Waals surface area contributed by atoms with Gasteiger partial charge in [-0.25, -0.2) is 0 Å². The Kier molecular flexibility index (Phi) is 11.4. The van der Waals surface area contributed by atoms with Crippen molar-refractivity contribution in [1.29, 1.82) is 0 Å². The molecular formula is C42H54O12. The van der Waals surface area contributed by atoms with Gasteiger partial charge in [0.15, 0.2) is 29.9 Å². The van der Waals surface area contributed by atoms with Gasteiger partial charge >= 0.3 is 0 Å². The molecule has 7 rings (SSSR count). The maximum absolute atomic E-state index is 12.0. The molecule has 294 valence electrons. The van der Waals surface area contributed by atoms with Crippen molar-refractivity contribution in [3.05, 3.63) is 108 Å². The lowest BCUT2D eigenvalue weighted by atomic mass is 9.80. The van der Waals surface area contributed by atoms with Crippen LogP contribution in [0.25, 0.3) is 0 Å². The third-order valence-corrected chi connectivity index (χ3v) is 10.4. The fraction of sp³-hybridized carbons (Fsp3) is 0.571. The van der Waals surface area contributed by atoms with Crippen molar-refractivity contribution in [3.63, 3.8) is 0 Å². The zero-order valence-corrected chi connectivity index (χ0v) is 32.3. The molecule has 4 saturated heterocycles. The van der Waals surface area contributed by atoms with Gasteiger partial charge < -0.3 is 57.2 Å². The van der Waals surface area contributed by atoms with E-state index in [1.165, 1.54) is 14.2 Å². The average molecular weight is 751 g/mol. The van der Waals surface area contributed by atoms with Crippen LogP contribution in [-0.2, 0) is 57.7 Å². The van der Waals surface area contributed by atoms with Crippen LogP contribution in [0.4, 0.5) is 0 Å². The molecule has 9 atom stereocenters. The first-order valence-electron chi connectivity index (χ1n) is 18.6. The fourth-order valence-electron chi connectivity index (χ4n) is 8.13. The molecule has 4 fully saturated rings. The SMILES string of the molecule is COC(OC)[C@@H]1OC(C)(C)O[C@H]1[C@H](O[C@@H]1O[C@H](COC(c2ccccc2)(c2ccccc2)c2ccccc2)[C@@H]2OC(C)(C)O[C@@H]2[C@H]1O)[C@H]1COC(C)(C)O1. The van der Waals surface area contributed by atoms with Crippen LogP contribution in [0.2, 0.25) is 0 Å². The largest absolute Gasteiger partial charge is 0.385 e. The molecule has 4 aliphatic rings. The van der Waals surface area contributed by atoms with Crippen LogP contribution >= 0.6 is 0 Å². The van der Waals surface area contributed by atoms with Crippen molar-refractivity contribution in [2.45, 2.75) is 126 Å². The molecule has 3 aromatic rings. The van der Waals surface area contributed by atoms with E-state index in [-0.39, 0.29) is 13.2 Å². The molecule has 4 aliphatic heterocycles. The molecule has 0 aromatic heterocycles. The highest BCUT2D eigenvalue weighted by molar-refractivity contribution is 5.47. The predicted molar refractivity (Wildman–Crippen MR) is 195 cm³/mol. The number of rotatable bonds is 13. The Labute approximate surface area is 317 Å². The third kappa shape index (κ3) is 7.90. The molecule has 3 aromatic carbocycles. The first-order valence-corrected chi connectivity index (χ1v) is 18.6. The highest BCUT2D eigenvalue weighted by Gasteiger charge is 2.59. The summed E-state index contributed by atoms with van der Waals surface area (Å²) < 4.78 is 70.1. The van der Waals surface area contributed by atoms with Crippen LogP contribution in [0.15, 0.2) is 91.0 Å². The number of methoxy groups -OCH3 is 2. The average Bonchev–Trinajstić information content (AvgIpc) is 3.81. The van der Waals surface area contributed by atoms with E-state index >= 15 is 0 Å². The topological polar surface area (TPSA) is 122 Å². The highest BCUT2D eigenvalue weighted by Crippen LogP contribution is 2.44. The highest BCUT2D eigenvalue weighted by atomic mass is 16.8. The van der Waals surface area contributed by atoms with E-state index in [1.54, 1.807) is 0 Å². The van der Waals surface area contributed by atoms with Gasteiger partial charge in [0.2, 0.25) is 0 Å². The normalized spacial score (nSPS) is 32.1. The first kappa shape index (κ1) is 39.4. The van der Waals surface area contributed by atoms with Gasteiger partial charge in [0, 0.05) is 14.2 Å². The number of hydrogen-bond donors (Lipinski definition) is 1. The standard InChI is InChI=1S/C42H54O12/c1-39(2)46-25-30(50-39)32(35-36(38(44-7)45-8)54-41(5,6)53-35)49-37-31(43)34-33(51-40(3,4)52-34)29(48-37)24-47-42(26-18-12-9-13-19-26,27-20-14-10-15-21-27)28-22-16-11-17-23-28/h9-23,29-38,43H,24-25H2,1-8H3/t29-,30-,31-,32-,33+,34-,35+,36-,37+/m1/s1. The zero-order chi connectivity index (χ0) is 38.3. The van der Waals surface area contributed by atoms with Gasteiger partial charge in [0.1, 0.15) is 54.4 Å². The van der Waals surface area contributed by atoms with Crippen LogP contribution in [-0.4, -0.2) is 111 Å². The lowest BCUT2D eigenvalue weighted by Crippen LogP contribution is -2.61. The molecule has 12 heteroatoms. The minimum Gasteiger partial charge on any atom is -0.385 e. The van der Waals surface area contributed by atoms with Crippen molar-refractivity contribution in [2.24, 2.45) is 0 Å². The summed E-state index contributed by atoms with van der Waals surface area (Å²) in [6.45, 7) is 11.1. The van der Waals surface area contributed by atoms with E-state index in [2.05, 4.69) is 36.4 Å². The Bertz CT molecular complexity index is 1550. The summed E-state index contributed by atoms with van der Waals surface area (Å²) in [4.78, 5) is 0. The first-order chi connectivity index (χ1) is 25.8. The Morgan fingerprint density at radius 3 is 1.67 bits per heavy atom. The monoisotopic (exact) mass is 750 g/mol. The Balaban J connectivity index is 1.24. The molecule has 1 N–H and O–H groups in total. The quantitative estimate of drug-likeness (QED) is 0.181. The second-order valence-corrected chi connectivity index (χ2v) is 15.6. The molecule has 0 saturated carbocycles. The summed E-state index contributed by atoms with van der Waals surface area (Å²) in [6, 6.07) is 30.3. The lowest BCUT2D eigenvalue weighted by molar-refractivity contribution is -0.318. The van der Waals surface area contributed by atoms with Crippen LogP contribution in [0, 0.1) is 0 Å². The molecule has 0 unspecified atom stereocenters. The number of benzene rings is 3. The van der Waals surface area contributed by atoms with E-state index in [9.17, 15) is 5.11 Å². The van der Waals surface area contributed by atoms with Gasteiger partial charge in [-0.3, -0.25) is 0 Å². The summed E-state index contributed by atoms with van der Waals surface area (Å²) >= 11 is 0. The Morgan fingerprint density at radius 2 is 1.17 bits per heavy atom. The number of aliphatic hydroxyl groups is 1. The molecule has 0 amide bonds. The summed E-state index contributed by atoms with van der Waals surface area (Å²) in [5.74, 6) is -2.93. The molecule has 54 heavy (non-hydrogen) atoms. The zero-order valence-electron chi connectivity index (χ0n) is 32.3. The summed E-state index contributed by atoms with van der Waals surface area (Å²) in [7, 11) is 3.07. The second kappa shape index (κ2) is 15.6. The van der Waals surface area contributed by atoms with Crippen LogP contribution in [0.3, 0.4) is 0 Å². The van der Waals surface area contributed by atoms with Crippen molar-refractivity contribution < 1.29 is 57.2 Å². The maximum Gasteiger partial charge on any atom is 0.187 e. The van der Waals surface area contributed by atoms with Crippen molar-refractivity contribution >= 4 is 0 Å². The van der Waals surface area contributed by atoms with Gasteiger partial charge in [-0.05, 0) is 58.2 Å². The summed E-state index contributed by atoms with van der Waals surface area (Å²) in [6.07, 6.45) is -8.58. The molecule has 4 heterocycles. The van der Waals surface area contributed by atoms with Crippen molar-refractivity contribution in [2.75, 3.05) is 27.4 Å². The fourth-order valence-corrected chi connectivity index (χ4v) is 8.13. The minimum atomic E-state index is -1.26. The van der Waals surface area contributed by atoms with Gasteiger partial charge in [0.05, 0.1) is 13.2 Å². The van der Waals surface area contributed by atoms with Gasteiger partial charge in [-0.1, -0.05) is 91.0 Å². The minimum absolute atomic E-state index is 0.0424. The molecular weight excluding hydrogens is 696 g/mol. The molecule has 0 aliphatic carbocycles. The number of ether oxygens (including phenoxy) is 11. The molecule has 0 spiro atoms. The summed E-state index contributed by atoms with van der Waals surface area (Å²) in [5.41, 5.74) is 1.78. The van der Waals surface area contributed by atoms with Gasteiger partial charge in [-0.2, -0.15) is 0 Å². The van der Waals surface area contributed by atoms with Crippen molar-refractivity contribution in [1.82, 2.24) is 0 Å². The third-order valence-electron chi connectivity index (χ3n) is 10.4. The van der Waals surface area contributed by atoms with E-state index in [0.717, 1.165) is 16.7 Å². The van der Waals surface area contributed by atoms with E-state index < -0.39 is 84.4 Å². The number of fused-ring (bicyclic) bond motifs is 1. The predicted octanol–water partition coefficient (Wildman–Crippen LogP) is 5.28. The number of aliphatic hydroxyl groups excluding tert-OH is 1. The molecule has 0 bridgehead atoms. The maximum atomic E-state index is 12.0. The van der Waals surface area contributed by atoms with E-state index in [1.807, 2.05) is 96.1 Å². The van der Waals surface area contributed by atoms with Crippen LogP contribution in [0.1, 0.15) is 58.2 Å². The Morgan fingerprint density at radius 1 is 0.667 bits per heavy atom. The summed E-state index contributed by atoms with van der Waals surface area (Å²) in [5, 5.41) is 12.0. The number of hydrogen-bond acceptors (Lipinski definition) is 12. The van der Waals surface area contributed by atoms with E-state index in [0.29, 0.717) is 0 Å². The lowest BCUT2D eigenvalue weighted by Gasteiger charge is -2.44.